The van der Waals surface area contributed by atoms with Gasteiger partial charge < -0.3 is 9.67 Å². The summed E-state index contributed by atoms with van der Waals surface area (Å²) in [6.45, 7) is 1.66. The van der Waals surface area contributed by atoms with Crippen LogP contribution in [-0.2, 0) is 11.8 Å². The lowest BCUT2D eigenvalue weighted by atomic mass is 10.0. The normalized spacial score (nSPS) is 12.5. The molecule has 22 heavy (non-hydrogen) atoms. The molecule has 0 aliphatic rings. The molecule has 0 amide bonds. The summed E-state index contributed by atoms with van der Waals surface area (Å²) in [5.41, 5.74) is 1.38. The number of hydrogen-bond donors (Lipinski definition) is 1. The lowest BCUT2D eigenvalue weighted by Crippen LogP contribution is -2.06. The van der Waals surface area contributed by atoms with Gasteiger partial charge in [0, 0.05) is 24.2 Å². The highest BCUT2D eigenvalue weighted by Crippen LogP contribution is 2.34. The zero-order valence-corrected chi connectivity index (χ0v) is 13.1. The lowest BCUT2D eigenvalue weighted by Gasteiger charge is -2.03. The number of carboxylic acid groups (broad SMARTS) is 1. The van der Waals surface area contributed by atoms with Crippen LogP contribution < -0.4 is 0 Å². The zero-order chi connectivity index (χ0) is 15.9. The minimum atomic E-state index is -0.866. The SMILES string of the molecule is CC(C(=O)O)c1cn(C)c2sc(C(=O)c3ccccc3)cc12. The molecule has 0 saturated carbocycles. The number of aromatic nitrogens is 1. The van der Waals surface area contributed by atoms with Crippen LogP contribution >= 0.6 is 11.3 Å². The summed E-state index contributed by atoms with van der Waals surface area (Å²) >= 11 is 1.40. The van der Waals surface area contributed by atoms with Crippen LogP contribution in [0.15, 0.2) is 42.6 Å². The quantitative estimate of drug-likeness (QED) is 0.748. The van der Waals surface area contributed by atoms with E-state index in [9.17, 15) is 14.7 Å². The third-order valence-corrected chi connectivity index (χ3v) is 5.00. The summed E-state index contributed by atoms with van der Waals surface area (Å²) in [5.74, 6) is -1.50. The Kier molecular flexibility index (Phi) is 3.58. The van der Waals surface area contributed by atoms with Crippen molar-refractivity contribution in [1.29, 1.82) is 0 Å². The minimum absolute atomic E-state index is 0.0317. The predicted octanol–water partition coefficient (Wildman–Crippen LogP) is 3.66. The minimum Gasteiger partial charge on any atom is -0.481 e. The number of ketones is 1. The highest BCUT2D eigenvalue weighted by atomic mass is 32.1. The largest absolute Gasteiger partial charge is 0.481 e. The van der Waals surface area contributed by atoms with Crippen molar-refractivity contribution in [2.75, 3.05) is 0 Å². The summed E-state index contributed by atoms with van der Waals surface area (Å²) in [6.07, 6.45) is 1.83. The van der Waals surface area contributed by atoms with Gasteiger partial charge in [-0.15, -0.1) is 11.3 Å². The Labute approximate surface area is 131 Å². The van der Waals surface area contributed by atoms with Crippen molar-refractivity contribution < 1.29 is 14.7 Å². The number of benzene rings is 1. The highest BCUT2D eigenvalue weighted by Gasteiger charge is 2.22. The number of thiophene rings is 1. The van der Waals surface area contributed by atoms with Crippen LogP contribution in [0.25, 0.3) is 10.2 Å². The Hall–Kier alpha value is -2.40. The van der Waals surface area contributed by atoms with Crippen LogP contribution in [0.3, 0.4) is 0 Å². The van der Waals surface area contributed by atoms with Gasteiger partial charge in [-0.05, 0) is 18.6 Å². The molecule has 0 aliphatic carbocycles. The second kappa shape index (κ2) is 5.42. The molecule has 2 aromatic heterocycles. The van der Waals surface area contributed by atoms with Crippen molar-refractivity contribution in [3.05, 3.63) is 58.6 Å². The molecular weight excluding hydrogens is 298 g/mol. The molecule has 0 bridgehead atoms. The van der Waals surface area contributed by atoms with Gasteiger partial charge in [0.15, 0.2) is 0 Å². The van der Waals surface area contributed by atoms with Gasteiger partial charge in [-0.3, -0.25) is 9.59 Å². The van der Waals surface area contributed by atoms with E-state index in [1.165, 1.54) is 11.3 Å². The van der Waals surface area contributed by atoms with Crippen molar-refractivity contribution >= 4 is 33.3 Å². The van der Waals surface area contributed by atoms with Gasteiger partial charge in [0.2, 0.25) is 5.78 Å². The van der Waals surface area contributed by atoms with Crippen molar-refractivity contribution in [2.24, 2.45) is 7.05 Å². The number of hydrogen-bond acceptors (Lipinski definition) is 3. The standard InChI is InChI=1S/C17H15NO3S/c1-10(17(20)21)13-9-18(2)16-12(13)8-14(22-16)15(19)11-6-4-3-5-7-11/h3-10H,1-2H3,(H,20,21). The maximum Gasteiger partial charge on any atom is 0.310 e. The molecule has 1 N–H and O–H groups in total. The van der Waals surface area contributed by atoms with Crippen LogP contribution in [-0.4, -0.2) is 21.4 Å². The number of fused-ring (bicyclic) bond motifs is 1. The molecule has 4 nitrogen and oxygen atoms in total. The molecule has 0 radical (unpaired) electrons. The van der Waals surface area contributed by atoms with Crippen LogP contribution in [0.4, 0.5) is 0 Å². The molecule has 5 heteroatoms. The van der Waals surface area contributed by atoms with Crippen molar-refractivity contribution in [3.63, 3.8) is 0 Å². The number of carboxylic acids is 1. The maximum atomic E-state index is 12.5. The summed E-state index contributed by atoms with van der Waals surface area (Å²) in [4.78, 5) is 25.3. The zero-order valence-electron chi connectivity index (χ0n) is 12.2. The molecule has 112 valence electrons. The topological polar surface area (TPSA) is 59.3 Å². The van der Waals surface area contributed by atoms with Gasteiger partial charge >= 0.3 is 5.97 Å². The average Bonchev–Trinajstić information content (AvgIpc) is 3.07. The molecule has 0 saturated heterocycles. The molecule has 0 spiro atoms. The van der Waals surface area contributed by atoms with E-state index < -0.39 is 11.9 Å². The number of carbonyl (C=O) groups excluding carboxylic acids is 1. The van der Waals surface area contributed by atoms with Gasteiger partial charge in [-0.2, -0.15) is 0 Å². The highest BCUT2D eigenvalue weighted by molar-refractivity contribution is 7.20. The van der Waals surface area contributed by atoms with E-state index in [0.717, 1.165) is 15.8 Å². The van der Waals surface area contributed by atoms with E-state index in [2.05, 4.69) is 0 Å². The Morgan fingerprint density at radius 3 is 2.55 bits per heavy atom. The molecule has 3 rings (SSSR count). The molecule has 1 atom stereocenters. The first-order valence-corrected chi connectivity index (χ1v) is 7.72. The maximum absolute atomic E-state index is 12.5. The molecular formula is C17H15NO3S. The van der Waals surface area contributed by atoms with E-state index in [-0.39, 0.29) is 5.78 Å². The molecule has 2 heterocycles. The van der Waals surface area contributed by atoms with Gasteiger partial charge in [-0.1, -0.05) is 30.3 Å². The van der Waals surface area contributed by atoms with Gasteiger partial charge in [0.05, 0.1) is 10.8 Å². The Balaban J connectivity index is 2.09. The first-order chi connectivity index (χ1) is 10.5. The second-order valence-electron chi connectivity index (χ2n) is 5.28. The monoisotopic (exact) mass is 313 g/mol. The fraction of sp³-hybridized carbons (Fsp3) is 0.176. The van der Waals surface area contributed by atoms with E-state index in [1.807, 2.05) is 42.1 Å². The van der Waals surface area contributed by atoms with E-state index >= 15 is 0 Å². The summed E-state index contributed by atoms with van der Waals surface area (Å²) < 4.78 is 1.89. The Morgan fingerprint density at radius 2 is 1.91 bits per heavy atom. The molecule has 0 aliphatic heterocycles. The fourth-order valence-electron chi connectivity index (χ4n) is 2.51. The molecule has 1 aromatic carbocycles. The van der Waals surface area contributed by atoms with Crippen LogP contribution in [0.1, 0.15) is 33.6 Å². The summed E-state index contributed by atoms with van der Waals surface area (Å²) in [7, 11) is 1.87. The van der Waals surface area contributed by atoms with Gasteiger partial charge in [-0.25, -0.2) is 0 Å². The number of nitrogens with zero attached hydrogens (tertiary/aromatic N) is 1. The number of rotatable bonds is 4. The average molecular weight is 313 g/mol. The van der Waals surface area contributed by atoms with Crippen molar-refractivity contribution in [1.82, 2.24) is 4.57 Å². The number of aryl methyl sites for hydroxylation is 1. The molecule has 0 fully saturated rings. The third kappa shape index (κ3) is 2.33. The van der Waals surface area contributed by atoms with E-state index in [0.29, 0.717) is 10.4 Å². The van der Waals surface area contributed by atoms with Crippen molar-refractivity contribution in [2.45, 2.75) is 12.8 Å². The molecule has 1 unspecified atom stereocenters. The smallest absolute Gasteiger partial charge is 0.310 e. The van der Waals surface area contributed by atoms with Crippen LogP contribution in [0.2, 0.25) is 0 Å². The predicted molar refractivity (Wildman–Crippen MR) is 86.7 cm³/mol. The van der Waals surface area contributed by atoms with Crippen LogP contribution in [0.5, 0.6) is 0 Å². The van der Waals surface area contributed by atoms with E-state index in [4.69, 9.17) is 0 Å². The lowest BCUT2D eigenvalue weighted by molar-refractivity contribution is -0.138. The van der Waals surface area contributed by atoms with Crippen molar-refractivity contribution in [3.8, 4) is 0 Å². The first kappa shape index (κ1) is 14.5. The Bertz CT molecular complexity index is 861. The Morgan fingerprint density at radius 1 is 1.23 bits per heavy atom. The van der Waals surface area contributed by atoms with Gasteiger partial charge in [0.1, 0.15) is 4.83 Å². The summed E-state index contributed by atoms with van der Waals surface area (Å²) in [5, 5.41) is 10.1. The second-order valence-corrected chi connectivity index (χ2v) is 6.31. The third-order valence-electron chi connectivity index (χ3n) is 3.77. The molecule has 3 aromatic rings. The fourth-order valence-corrected chi connectivity index (χ4v) is 3.59. The van der Waals surface area contributed by atoms with Crippen LogP contribution in [0, 0.1) is 0 Å². The number of carbonyl (C=O) groups is 2. The number of aliphatic carboxylic acids is 1. The summed E-state index contributed by atoms with van der Waals surface area (Å²) in [6, 6.07) is 10.9. The van der Waals surface area contributed by atoms with Gasteiger partial charge in [0.25, 0.3) is 0 Å². The first-order valence-electron chi connectivity index (χ1n) is 6.90. The van der Waals surface area contributed by atoms with E-state index in [1.54, 1.807) is 19.1 Å².